The molecular formula is C23H21FN4O3S. The third-order valence-corrected chi connectivity index (χ3v) is 5.52. The Hall–Kier alpha value is -3.59. The Balaban J connectivity index is 1.48. The molecule has 2 heterocycles. The second-order valence-electron chi connectivity index (χ2n) is 6.88. The number of carbonyl (C=O) groups is 1. The van der Waals surface area contributed by atoms with Gasteiger partial charge in [0.1, 0.15) is 12.4 Å². The lowest BCUT2D eigenvalue weighted by Gasteiger charge is -2.13. The summed E-state index contributed by atoms with van der Waals surface area (Å²) < 4.78 is 26.7. The Kier molecular flexibility index (Phi) is 6.86. The van der Waals surface area contributed by atoms with Crippen molar-refractivity contribution in [2.75, 3.05) is 5.75 Å². The first-order valence-corrected chi connectivity index (χ1v) is 10.9. The summed E-state index contributed by atoms with van der Waals surface area (Å²) in [6.07, 6.45) is 1.57. The zero-order valence-electron chi connectivity index (χ0n) is 17.3. The Bertz CT molecular complexity index is 1170. The Morgan fingerprint density at radius 2 is 1.91 bits per heavy atom. The van der Waals surface area contributed by atoms with Gasteiger partial charge < -0.3 is 14.5 Å². The number of furan rings is 1. The number of halogens is 1. The molecule has 0 fully saturated rings. The van der Waals surface area contributed by atoms with E-state index in [0.717, 1.165) is 5.69 Å². The van der Waals surface area contributed by atoms with Crippen LogP contribution in [0, 0.1) is 5.82 Å². The van der Waals surface area contributed by atoms with Gasteiger partial charge in [-0.1, -0.05) is 42.1 Å². The molecule has 164 valence electrons. The number of nitrogens with zero attached hydrogens (tertiary/aromatic N) is 3. The van der Waals surface area contributed by atoms with Gasteiger partial charge >= 0.3 is 0 Å². The molecule has 2 aromatic heterocycles. The minimum Gasteiger partial charge on any atom is -0.483 e. The van der Waals surface area contributed by atoms with Gasteiger partial charge in [-0.2, -0.15) is 0 Å². The fraction of sp³-hybridized carbons (Fsp3) is 0.174. The van der Waals surface area contributed by atoms with E-state index in [1.165, 1.54) is 17.8 Å². The zero-order valence-corrected chi connectivity index (χ0v) is 18.1. The van der Waals surface area contributed by atoms with Gasteiger partial charge in [0.2, 0.25) is 5.91 Å². The van der Waals surface area contributed by atoms with Crippen LogP contribution in [-0.4, -0.2) is 26.4 Å². The van der Waals surface area contributed by atoms with E-state index in [9.17, 15) is 9.18 Å². The summed E-state index contributed by atoms with van der Waals surface area (Å²) >= 11 is 1.25. The first kappa shape index (κ1) is 21.6. The highest BCUT2D eigenvalue weighted by atomic mass is 32.2. The molecule has 1 amide bonds. The summed E-state index contributed by atoms with van der Waals surface area (Å²) in [6, 6.07) is 19.0. The summed E-state index contributed by atoms with van der Waals surface area (Å²) in [5, 5.41) is 11.9. The fourth-order valence-corrected chi connectivity index (χ4v) is 3.83. The molecule has 0 aliphatic carbocycles. The van der Waals surface area contributed by atoms with Crippen molar-refractivity contribution in [3.63, 3.8) is 0 Å². The molecule has 0 aliphatic rings. The van der Waals surface area contributed by atoms with Crippen molar-refractivity contribution >= 4 is 17.7 Å². The van der Waals surface area contributed by atoms with Crippen molar-refractivity contribution in [3.05, 3.63) is 90.4 Å². The third-order valence-electron chi connectivity index (χ3n) is 4.59. The highest BCUT2D eigenvalue weighted by Gasteiger charge is 2.18. The van der Waals surface area contributed by atoms with E-state index in [1.54, 1.807) is 35.1 Å². The summed E-state index contributed by atoms with van der Waals surface area (Å²) in [4.78, 5) is 12.4. The van der Waals surface area contributed by atoms with E-state index in [4.69, 9.17) is 9.15 Å². The van der Waals surface area contributed by atoms with Gasteiger partial charge in [-0.3, -0.25) is 9.36 Å². The maximum Gasteiger partial charge on any atom is 0.231 e. The minimum absolute atomic E-state index is 0.0190. The molecule has 0 radical (unpaired) electrons. The molecule has 7 nitrogen and oxygen atoms in total. The Labute approximate surface area is 188 Å². The highest BCUT2D eigenvalue weighted by molar-refractivity contribution is 7.99. The molecule has 0 spiro atoms. The Morgan fingerprint density at radius 3 is 2.66 bits per heavy atom. The van der Waals surface area contributed by atoms with E-state index >= 15 is 0 Å². The number of hydrogen-bond acceptors (Lipinski definition) is 6. The lowest BCUT2D eigenvalue weighted by atomic mass is 10.2. The monoisotopic (exact) mass is 452 g/mol. The molecule has 0 aliphatic heterocycles. The van der Waals surface area contributed by atoms with Crippen LogP contribution in [0.1, 0.15) is 24.6 Å². The first-order valence-electron chi connectivity index (χ1n) is 9.94. The summed E-state index contributed by atoms with van der Waals surface area (Å²) in [6.45, 7) is 1.87. The van der Waals surface area contributed by atoms with Crippen LogP contribution in [0.5, 0.6) is 5.75 Å². The van der Waals surface area contributed by atoms with Gasteiger partial charge in [0.05, 0.1) is 18.1 Å². The van der Waals surface area contributed by atoms with Crippen LogP contribution < -0.4 is 10.1 Å². The van der Waals surface area contributed by atoms with Crippen molar-refractivity contribution in [2.24, 2.45) is 0 Å². The number of ether oxygens (including phenoxy) is 1. The van der Waals surface area contributed by atoms with Crippen LogP contribution in [0.25, 0.3) is 5.69 Å². The Morgan fingerprint density at radius 1 is 1.12 bits per heavy atom. The van der Waals surface area contributed by atoms with E-state index in [1.807, 2.05) is 43.3 Å². The van der Waals surface area contributed by atoms with Crippen molar-refractivity contribution in [1.29, 1.82) is 0 Å². The van der Waals surface area contributed by atoms with E-state index in [0.29, 0.717) is 16.7 Å². The normalized spacial score (nSPS) is 11.8. The van der Waals surface area contributed by atoms with E-state index in [-0.39, 0.29) is 30.1 Å². The van der Waals surface area contributed by atoms with Crippen LogP contribution in [0.4, 0.5) is 4.39 Å². The molecule has 4 aromatic rings. The van der Waals surface area contributed by atoms with E-state index in [2.05, 4.69) is 15.5 Å². The predicted molar refractivity (Wildman–Crippen MR) is 118 cm³/mol. The molecular weight excluding hydrogens is 431 g/mol. The fourth-order valence-electron chi connectivity index (χ4n) is 3.05. The van der Waals surface area contributed by atoms with Crippen molar-refractivity contribution in [1.82, 2.24) is 20.1 Å². The second kappa shape index (κ2) is 10.1. The smallest absolute Gasteiger partial charge is 0.231 e. The quantitative estimate of drug-likeness (QED) is 0.375. The number of para-hydroxylation sites is 2. The zero-order chi connectivity index (χ0) is 22.3. The van der Waals surface area contributed by atoms with Crippen molar-refractivity contribution < 1.29 is 18.3 Å². The second-order valence-corrected chi connectivity index (χ2v) is 7.82. The average molecular weight is 453 g/mol. The molecule has 0 saturated carbocycles. The molecule has 2 aromatic carbocycles. The number of rotatable bonds is 9. The number of hydrogen-bond donors (Lipinski definition) is 1. The van der Waals surface area contributed by atoms with Crippen LogP contribution >= 0.6 is 11.8 Å². The SMILES string of the molecule is CC(NC(=O)CSc1nnc(COc2ccccc2F)n1-c1ccccc1)c1ccco1. The molecule has 0 saturated heterocycles. The van der Waals surface area contributed by atoms with Crippen molar-refractivity contribution in [3.8, 4) is 11.4 Å². The number of thioether (sulfide) groups is 1. The average Bonchev–Trinajstić information content (AvgIpc) is 3.48. The number of benzene rings is 2. The molecule has 1 N–H and O–H groups in total. The number of nitrogens with one attached hydrogen (secondary N) is 1. The van der Waals surface area contributed by atoms with Crippen LogP contribution in [-0.2, 0) is 11.4 Å². The molecule has 0 bridgehead atoms. The minimum atomic E-state index is -0.449. The number of aromatic nitrogens is 3. The maximum atomic E-state index is 13.9. The topological polar surface area (TPSA) is 82.2 Å². The lowest BCUT2D eigenvalue weighted by molar-refractivity contribution is -0.119. The number of amides is 1. The standard InChI is InChI=1S/C23H21FN4O3S/c1-16(19-12-7-13-30-19)25-22(29)15-32-23-27-26-21(28(23)17-8-3-2-4-9-17)14-31-20-11-6-5-10-18(20)24/h2-13,16H,14-15H2,1H3,(H,25,29). The third kappa shape index (κ3) is 5.17. The van der Waals surface area contributed by atoms with Gasteiger partial charge in [-0.25, -0.2) is 4.39 Å². The summed E-state index contributed by atoms with van der Waals surface area (Å²) in [5.74, 6) is 0.843. The molecule has 1 atom stereocenters. The molecule has 9 heteroatoms. The largest absolute Gasteiger partial charge is 0.483 e. The summed E-state index contributed by atoms with van der Waals surface area (Å²) in [7, 11) is 0. The van der Waals surface area contributed by atoms with Gasteiger partial charge in [-0.15, -0.1) is 10.2 Å². The van der Waals surface area contributed by atoms with Gasteiger partial charge in [-0.05, 0) is 43.3 Å². The first-order chi connectivity index (χ1) is 15.6. The van der Waals surface area contributed by atoms with Crippen LogP contribution in [0.2, 0.25) is 0 Å². The van der Waals surface area contributed by atoms with Crippen LogP contribution in [0.15, 0.2) is 82.6 Å². The van der Waals surface area contributed by atoms with E-state index < -0.39 is 5.82 Å². The number of carbonyl (C=O) groups excluding carboxylic acids is 1. The van der Waals surface area contributed by atoms with Crippen LogP contribution in [0.3, 0.4) is 0 Å². The molecule has 1 unspecified atom stereocenters. The highest BCUT2D eigenvalue weighted by Crippen LogP contribution is 2.24. The van der Waals surface area contributed by atoms with Gasteiger partial charge in [0.15, 0.2) is 22.5 Å². The van der Waals surface area contributed by atoms with Gasteiger partial charge in [0.25, 0.3) is 0 Å². The maximum absolute atomic E-state index is 13.9. The van der Waals surface area contributed by atoms with Gasteiger partial charge in [0, 0.05) is 5.69 Å². The lowest BCUT2D eigenvalue weighted by Crippen LogP contribution is -2.28. The summed E-state index contributed by atoms with van der Waals surface area (Å²) in [5.41, 5.74) is 0.816. The van der Waals surface area contributed by atoms with Crippen molar-refractivity contribution in [2.45, 2.75) is 24.7 Å². The molecule has 4 rings (SSSR count). The predicted octanol–water partition coefficient (Wildman–Crippen LogP) is 4.55. The molecule has 32 heavy (non-hydrogen) atoms.